The van der Waals surface area contributed by atoms with E-state index in [0.29, 0.717) is 17.7 Å². The van der Waals surface area contributed by atoms with Crippen LogP contribution in [0.5, 0.6) is 0 Å². The van der Waals surface area contributed by atoms with Crippen molar-refractivity contribution in [3.05, 3.63) is 96.1 Å². The molecular formula is C23H22N2O2S. The molecule has 0 bridgehead atoms. The Bertz CT molecular complexity index is 912. The molecule has 4 nitrogen and oxygen atoms in total. The van der Waals surface area contributed by atoms with Crippen molar-refractivity contribution in [1.82, 2.24) is 5.32 Å². The quantitative estimate of drug-likeness (QED) is 0.588. The molecule has 0 fully saturated rings. The van der Waals surface area contributed by atoms with E-state index >= 15 is 0 Å². The highest BCUT2D eigenvalue weighted by molar-refractivity contribution is 7.98. The summed E-state index contributed by atoms with van der Waals surface area (Å²) in [4.78, 5) is 26.6. The van der Waals surface area contributed by atoms with Crippen LogP contribution in [0.1, 0.15) is 15.9 Å². The van der Waals surface area contributed by atoms with Gasteiger partial charge in [-0.1, -0.05) is 48.5 Å². The van der Waals surface area contributed by atoms with Crippen LogP contribution in [0.4, 0.5) is 5.69 Å². The third kappa shape index (κ3) is 5.47. The standard InChI is InChI=1S/C23H22N2O2S/c1-28-20-14-12-19(13-15-20)24-23(27)21(16-17-8-4-2-5-9-17)25-22(26)18-10-6-3-7-11-18/h2-15,21H,16H2,1H3,(H,24,27)(H,25,26). The average Bonchev–Trinajstić information content (AvgIpc) is 2.75. The summed E-state index contributed by atoms with van der Waals surface area (Å²) in [6.07, 6.45) is 2.41. The van der Waals surface area contributed by atoms with Gasteiger partial charge in [-0.3, -0.25) is 9.59 Å². The minimum atomic E-state index is -0.685. The van der Waals surface area contributed by atoms with Crippen molar-refractivity contribution in [2.75, 3.05) is 11.6 Å². The van der Waals surface area contributed by atoms with E-state index in [1.54, 1.807) is 36.0 Å². The van der Waals surface area contributed by atoms with Gasteiger partial charge >= 0.3 is 0 Å². The topological polar surface area (TPSA) is 58.2 Å². The Hall–Kier alpha value is -3.05. The Morgan fingerprint density at radius 1 is 0.857 bits per heavy atom. The van der Waals surface area contributed by atoms with E-state index in [-0.39, 0.29) is 11.8 Å². The van der Waals surface area contributed by atoms with Crippen molar-refractivity contribution < 1.29 is 9.59 Å². The van der Waals surface area contributed by atoms with Gasteiger partial charge in [-0.25, -0.2) is 0 Å². The van der Waals surface area contributed by atoms with Gasteiger partial charge in [-0.2, -0.15) is 0 Å². The molecule has 0 saturated heterocycles. The normalized spacial score (nSPS) is 11.5. The van der Waals surface area contributed by atoms with Gasteiger partial charge in [0.25, 0.3) is 5.91 Å². The lowest BCUT2D eigenvalue weighted by atomic mass is 10.0. The lowest BCUT2D eigenvalue weighted by Gasteiger charge is -2.19. The van der Waals surface area contributed by atoms with Crippen LogP contribution in [0, 0.1) is 0 Å². The summed E-state index contributed by atoms with van der Waals surface area (Å²) in [5, 5.41) is 5.78. The van der Waals surface area contributed by atoms with Crippen LogP contribution < -0.4 is 10.6 Å². The molecule has 0 aliphatic rings. The number of hydrogen-bond donors (Lipinski definition) is 2. The molecule has 3 aromatic rings. The Morgan fingerprint density at radius 2 is 1.46 bits per heavy atom. The Kier molecular flexibility index (Phi) is 6.87. The van der Waals surface area contributed by atoms with Gasteiger partial charge < -0.3 is 10.6 Å². The molecule has 3 aromatic carbocycles. The maximum absolute atomic E-state index is 12.9. The van der Waals surface area contributed by atoms with Gasteiger partial charge in [0.1, 0.15) is 6.04 Å². The molecule has 2 N–H and O–H groups in total. The first-order chi connectivity index (χ1) is 13.7. The van der Waals surface area contributed by atoms with E-state index in [4.69, 9.17) is 0 Å². The number of thioether (sulfide) groups is 1. The first-order valence-corrected chi connectivity index (χ1v) is 10.2. The zero-order valence-corrected chi connectivity index (χ0v) is 16.4. The zero-order valence-electron chi connectivity index (χ0n) is 15.6. The van der Waals surface area contributed by atoms with E-state index in [1.165, 1.54) is 0 Å². The summed E-state index contributed by atoms with van der Waals surface area (Å²) in [5.41, 5.74) is 2.21. The number of hydrogen-bond acceptors (Lipinski definition) is 3. The molecule has 0 heterocycles. The van der Waals surface area contributed by atoms with Crippen LogP contribution in [0.25, 0.3) is 0 Å². The lowest BCUT2D eigenvalue weighted by molar-refractivity contribution is -0.118. The highest BCUT2D eigenvalue weighted by Crippen LogP contribution is 2.18. The summed E-state index contributed by atoms with van der Waals surface area (Å²) in [5.74, 6) is -0.514. The van der Waals surface area contributed by atoms with Gasteiger partial charge in [0.2, 0.25) is 5.91 Å². The molecule has 1 atom stereocenters. The molecule has 2 amide bonds. The van der Waals surface area contributed by atoms with Crippen LogP contribution in [0.15, 0.2) is 89.8 Å². The summed E-state index contributed by atoms with van der Waals surface area (Å²) >= 11 is 1.64. The van der Waals surface area contributed by atoms with E-state index in [0.717, 1.165) is 10.5 Å². The largest absolute Gasteiger partial charge is 0.340 e. The minimum Gasteiger partial charge on any atom is -0.340 e. The van der Waals surface area contributed by atoms with Crippen molar-refractivity contribution in [1.29, 1.82) is 0 Å². The maximum Gasteiger partial charge on any atom is 0.251 e. The lowest BCUT2D eigenvalue weighted by Crippen LogP contribution is -2.45. The van der Waals surface area contributed by atoms with E-state index in [2.05, 4.69) is 10.6 Å². The number of anilines is 1. The molecule has 142 valence electrons. The van der Waals surface area contributed by atoms with Crippen molar-refractivity contribution in [2.45, 2.75) is 17.4 Å². The average molecular weight is 391 g/mol. The molecule has 28 heavy (non-hydrogen) atoms. The predicted octanol–water partition coefficient (Wildman–Crippen LogP) is 4.39. The highest BCUT2D eigenvalue weighted by Gasteiger charge is 2.22. The second kappa shape index (κ2) is 9.76. The van der Waals surface area contributed by atoms with Gasteiger partial charge in [0.15, 0.2) is 0 Å². The Morgan fingerprint density at radius 3 is 2.07 bits per heavy atom. The van der Waals surface area contributed by atoms with Crippen molar-refractivity contribution in [3.8, 4) is 0 Å². The summed E-state index contributed by atoms with van der Waals surface area (Å²) < 4.78 is 0. The number of benzene rings is 3. The number of carbonyl (C=O) groups is 2. The first-order valence-electron chi connectivity index (χ1n) is 9.00. The maximum atomic E-state index is 12.9. The van der Waals surface area contributed by atoms with Crippen LogP contribution in [0.3, 0.4) is 0 Å². The fourth-order valence-electron chi connectivity index (χ4n) is 2.79. The van der Waals surface area contributed by atoms with Crippen molar-refractivity contribution >= 4 is 29.3 Å². The smallest absolute Gasteiger partial charge is 0.251 e. The fourth-order valence-corrected chi connectivity index (χ4v) is 3.20. The summed E-state index contributed by atoms with van der Waals surface area (Å²) in [6, 6.07) is 25.5. The summed E-state index contributed by atoms with van der Waals surface area (Å²) in [7, 11) is 0. The molecule has 1 unspecified atom stereocenters. The van der Waals surface area contributed by atoms with Crippen LogP contribution in [0.2, 0.25) is 0 Å². The molecule has 0 spiro atoms. The SMILES string of the molecule is CSc1ccc(NC(=O)C(Cc2ccccc2)NC(=O)c2ccccc2)cc1. The first kappa shape index (κ1) is 19.7. The molecule has 0 aromatic heterocycles. The molecule has 0 aliphatic carbocycles. The summed E-state index contributed by atoms with van der Waals surface area (Å²) in [6.45, 7) is 0. The third-order valence-electron chi connectivity index (χ3n) is 4.30. The van der Waals surface area contributed by atoms with Crippen molar-refractivity contribution in [2.24, 2.45) is 0 Å². The van der Waals surface area contributed by atoms with Crippen LogP contribution >= 0.6 is 11.8 Å². The van der Waals surface area contributed by atoms with Crippen LogP contribution in [-0.4, -0.2) is 24.1 Å². The Balaban J connectivity index is 1.76. The Labute approximate surface area is 169 Å². The van der Waals surface area contributed by atoms with Crippen molar-refractivity contribution in [3.63, 3.8) is 0 Å². The highest BCUT2D eigenvalue weighted by atomic mass is 32.2. The zero-order chi connectivity index (χ0) is 19.8. The van der Waals surface area contributed by atoms with Gasteiger partial charge in [0, 0.05) is 22.6 Å². The minimum absolute atomic E-state index is 0.245. The number of rotatable bonds is 7. The number of amides is 2. The van der Waals surface area contributed by atoms with E-state index < -0.39 is 6.04 Å². The monoisotopic (exact) mass is 390 g/mol. The molecule has 5 heteroatoms. The van der Waals surface area contributed by atoms with Crippen LogP contribution in [-0.2, 0) is 11.2 Å². The molecule has 0 saturated carbocycles. The second-order valence-electron chi connectivity index (χ2n) is 6.30. The molecule has 0 radical (unpaired) electrons. The van der Waals surface area contributed by atoms with Gasteiger partial charge in [-0.15, -0.1) is 11.8 Å². The van der Waals surface area contributed by atoms with Gasteiger partial charge in [-0.05, 0) is 48.2 Å². The molecular weight excluding hydrogens is 368 g/mol. The van der Waals surface area contributed by atoms with E-state index in [9.17, 15) is 9.59 Å². The molecule has 0 aliphatic heterocycles. The molecule has 3 rings (SSSR count). The van der Waals surface area contributed by atoms with E-state index in [1.807, 2.05) is 66.9 Å². The third-order valence-corrected chi connectivity index (χ3v) is 5.04. The number of nitrogens with one attached hydrogen (secondary N) is 2. The second-order valence-corrected chi connectivity index (χ2v) is 7.18. The van der Waals surface area contributed by atoms with Gasteiger partial charge in [0.05, 0.1) is 0 Å². The predicted molar refractivity (Wildman–Crippen MR) is 115 cm³/mol. The number of carbonyl (C=O) groups excluding carboxylic acids is 2. The fraction of sp³-hybridized carbons (Fsp3) is 0.130.